The fourth-order valence-corrected chi connectivity index (χ4v) is 3.29. The van der Waals surface area contributed by atoms with E-state index in [-0.39, 0.29) is 25.7 Å². The molecule has 0 saturated carbocycles. The number of ether oxygens (including phenoxy) is 1. The molecule has 3 unspecified atom stereocenters. The van der Waals surface area contributed by atoms with Crippen molar-refractivity contribution in [1.82, 2.24) is 16.0 Å². The maximum Gasteiger partial charge on any atom is 0.303 e. The highest BCUT2D eigenvalue weighted by molar-refractivity contribution is 5.92. The van der Waals surface area contributed by atoms with E-state index in [1.54, 1.807) is 6.92 Å². The number of aliphatic hydroxyl groups excluding tert-OH is 3. The van der Waals surface area contributed by atoms with Crippen LogP contribution in [-0.4, -0.2) is 106 Å². The number of carbonyl (C=O) groups is 6. The molecule has 0 spiro atoms. The molecule has 0 heterocycles. The van der Waals surface area contributed by atoms with E-state index in [0.717, 1.165) is 6.92 Å². The van der Waals surface area contributed by atoms with E-state index in [4.69, 9.17) is 15.6 Å². The van der Waals surface area contributed by atoms with Gasteiger partial charge < -0.3 is 51.6 Å². The summed E-state index contributed by atoms with van der Waals surface area (Å²) in [6.45, 7) is 3.26. The number of amides is 4. The predicted molar refractivity (Wildman–Crippen MR) is 122 cm³/mol. The molecule has 0 aromatic carbocycles. The molecule has 0 aliphatic rings. The number of likely N-dealkylation sites (N-methyl/N-ethyl adjacent to an activating group) is 1. The SMILES string of the molecule is CCNC(=O)C(O[C@@H]([C@H](O)[C@H](O)CO)[C@H](C=O)NC(C)=O)C(CC)C(=O)NC(CCC(=O)O)C(N)=O. The summed E-state index contributed by atoms with van der Waals surface area (Å²) in [7, 11) is 0. The summed E-state index contributed by atoms with van der Waals surface area (Å²) < 4.78 is 5.67. The second-order valence-electron chi connectivity index (χ2n) is 7.93. The van der Waals surface area contributed by atoms with Crippen molar-refractivity contribution >= 4 is 35.9 Å². The molecule has 9 N–H and O–H groups in total. The van der Waals surface area contributed by atoms with E-state index >= 15 is 0 Å². The fraction of sp³-hybridized carbons (Fsp3) is 0.714. The zero-order chi connectivity index (χ0) is 28.0. The van der Waals surface area contributed by atoms with E-state index < -0.39 is 85.0 Å². The van der Waals surface area contributed by atoms with Crippen LogP contribution in [0.4, 0.5) is 0 Å². The number of aliphatic carboxylic acids is 1. The molecule has 15 nitrogen and oxygen atoms in total. The van der Waals surface area contributed by atoms with Gasteiger partial charge in [-0.1, -0.05) is 6.92 Å². The van der Waals surface area contributed by atoms with Crippen LogP contribution >= 0.6 is 0 Å². The molecular formula is C21H36N4O11. The van der Waals surface area contributed by atoms with Crippen LogP contribution in [0.15, 0.2) is 0 Å². The van der Waals surface area contributed by atoms with E-state index in [0.29, 0.717) is 0 Å². The van der Waals surface area contributed by atoms with Crippen LogP contribution in [-0.2, 0) is 33.5 Å². The van der Waals surface area contributed by atoms with Crippen LogP contribution in [0.5, 0.6) is 0 Å². The topological polar surface area (TPSA) is 255 Å². The third-order valence-electron chi connectivity index (χ3n) is 5.15. The third kappa shape index (κ3) is 10.6. The Morgan fingerprint density at radius 2 is 1.67 bits per heavy atom. The van der Waals surface area contributed by atoms with Crippen LogP contribution in [0.25, 0.3) is 0 Å². The highest BCUT2D eigenvalue weighted by Crippen LogP contribution is 2.20. The zero-order valence-electron chi connectivity index (χ0n) is 20.4. The Morgan fingerprint density at radius 3 is 2.08 bits per heavy atom. The highest BCUT2D eigenvalue weighted by Gasteiger charge is 2.42. The molecule has 0 bridgehead atoms. The number of carboxylic acid groups (broad SMARTS) is 1. The minimum absolute atomic E-state index is 0.0741. The standard InChI is InChI=1S/C21H36N4O11/c1-4-11(20(34)25-12(19(22)33)6-7-15(30)31)17(21(35)23-5-2)36-18(16(32)14(29)9-27)13(8-26)24-10(3)28/h8,11-14,16-18,27,29,32H,4-7,9H2,1-3H3,(H2,22,33)(H,23,35)(H,24,28)(H,25,34)(H,30,31)/t11?,12?,13-,14+,16+,17?,18+/m0/s1. The van der Waals surface area contributed by atoms with Crippen molar-refractivity contribution in [3.8, 4) is 0 Å². The van der Waals surface area contributed by atoms with Gasteiger partial charge in [0.25, 0.3) is 0 Å². The summed E-state index contributed by atoms with van der Waals surface area (Å²) >= 11 is 0. The number of nitrogens with one attached hydrogen (secondary N) is 3. The Labute approximate surface area is 207 Å². The van der Waals surface area contributed by atoms with Gasteiger partial charge in [0.1, 0.15) is 42.8 Å². The second kappa shape index (κ2) is 16.5. The number of rotatable bonds is 18. The van der Waals surface area contributed by atoms with Crippen LogP contribution in [0.1, 0.15) is 40.0 Å². The van der Waals surface area contributed by atoms with Gasteiger partial charge in [-0.3, -0.25) is 24.0 Å². The summed E-state index contributed by atoms with van der Waals surface area (Å²) in [4.78, 5) is 71.7. The Hall–Kier alpha value is -3.14. The van der Waals surface area contributed by atoms with Crippen molar-refractivity contribution in [2.75, 3.05) is 13.2 Å². The minimum Gasteiger partial charge on any atom is -0.481 e. The number of hydrogen-bond donors (Lipinski definition) is 8. The molecule has 0 rings (SSSR count). The number of carboxylic acids is 1. The number of carbonyl (C=O) groups excluding carboxylic acids is 5. The second-order valence-corrected chi connectivity index (χ2v) is 7.93. The van der Waals surface area contributed by atoms with Gasteiger partial charge >= 0.3 is 5.97 Å². The summed E-state index contributed by atoms with van der Waals surface area (Å²) in [6.07, 6.45) is -8.02. The van der Waals surface area contributed by atoms with Crippen LogP contribution in [0.3, 0.4) is 0 Å². The van der Waals surface area contributed by atoms with Gasteiger partial charge in [-0.05, 0) is 19.8 Å². The maximum atomic E-state index is 13.0. The molecule has 15 heteroatoms. The molecule has 206 valence electrons. The zero-order valence-corrected chi connectivity index (χ0v) is 20.4. The van der Waals surface area contributed by atoms with E-state index in [1.165, 1.54) is 6.92 Å². The Kier molecular flexibility index (Phi) is 15.1. The normalized spacial score (nSPS) is 16.8. The quantitative estimate of drug-likeness (QED) is 0.0812. The lowest BCUT2D eigenvalue weighted by molar-refractivity contribution is -0.169. The number of nitrogens with two attached hydrogens (primary N) is 1. The van der Waals surface area contributed by atoms with Gasteiger partial charge in [-0.2, -0.15) is 0 Å². The van der Waals surface area contributed by atoms with Crippen LogP contribution in [0, 0.1) is 5.92 Å². The Balaban J connectivity index is 6.25. The van der Waals surface area contributed by atoms with Crippen LogP contribution < -0.4 is 21.7 Å². The summed E-state index contributed by atoms with van der Waals surface area (Å²) in [5, 5.41) is 45.4. The molecular weight excluding hydrogens is 484 g/mol. The fourth-order valence-electron chi connectivity index (χ4n) is 3.29. The molecule has 7 atom stereocenters. The minimum atomic E-state index is -1.98. The molecule has 0 aliphatic carbocycles. The number of aliphatic hydroxyl groups is 3. The van der Waals surface area contributed by atoms with Crippen molar-refractivity contribution in [2.45, 2.75) is 76.5 Å². The van der Waals surface area contributed by atoms with Gasteiger partial charge in [0.15, 0.2) is 0 Å². The first-order valence-electron chi connectivity index (χ1n) is 11.3. The predicted octanol–water partition coefficient (Wildman–Crippen LogP) is -3.84. The average Bonchev–Trinajstić information content (AvgIpc) is 2.81. The van der Waals surface area contributed by atoms with Crippen molar-refractivity contribution in [1.29, 1.82) is 0 Å². The maximum absolute atomic E-state index is 13.0. The van der Waals surface area contributed by atoms with E-state index in [2.05, 4.69) is 16.0 Å². The number of primary amides is 1. The largest absolute Gasteiger partial charge is 0.481 e. The van der Waals surface area contributed by atoms with Crippen molar-refractivity contribution in [2.24, 2.45) is 11.7 Å². The molecule has 0 aromatic heterocycles. The van der Waals surface area contributed by atoms with Crippen molar-refractivity contribution in [3.05, 3.63) is 0 Å². The van der Waals surface area contributed by atoms with Gasteiger partial charge in [-0.15, -0.1) is 0 Å². The molecule has 36 heavy (non-hydrogen) atoms. The smallest absolute Gasteiger partial charge is 0.303 e. The number of aldehydes is 1. The molecule has 0 saturated heterocycles. The van der Waals surface area contributed by atoms with E-state index in [9.17, 15) is 44.1 Å². The molecule has 0 aromatic rings. The summed E-state index contributed by atoms with van der Waals surface area (Å²) in [6, 6.07) is -2.97. The van der Waals surface area contributed by atoms with Crippen LogP contribution in [0.2, 0.25) is 0 Å². The molecule has 0 aliphatic heterocycles. The summed E-state index contributed by atoms with van der Waals surface area (Å²) in [5.74, 6) is -6.09. The lowest BCUT2D eigenvalue weighted by Crippen LogP contribution is -2.59. The Bertz CT molecular complexity index is 779. The van der Waals surface area contributed by atoms with Crippen molar-refractivity contribution < 1.29 is 53.9 Å². The Morgan fingerprint density at radius 1 is 1.06 bits per heavy atom. The first-order chi connectivity index (χ1) is 16.8. The first-order valence-corrected chi connectivity index (χ1v) is 11.3. The molecule has 0 radical (unpaired) electrons. The summed E-state index contributed by atoms with van der Waals surface area (Å²) in [5.41, 5.74) is 5.25. The molecule has 0 fully saturated rings. The van der Waals surface area contributed by atoms with Gasteiger partial charge in [0.05, 0.1) is 12.5 Å². The van der Waals surface area contributed by atoms with E-state index in [1.807, 2.05) is 0 Å². The first kappa shape index (κ1) is 32.9. The lowest BCUT2D eigenvalue weighted by atomic mass is 9.94. The lowest BCUT2D eigenvalue weighted by Gasteiger charge is -2.35. The average molecular weight is 521 g/mol. The third-order valence-corrected chi connectivity index (χ3v) is 5.15. The van der Waals surface area contributed by atoms with Gasteiger partial charge in [-0.25, -0.2) is 0 Å². The van der Waals surface area contributed by atoms with Gasteiger partial charge in [0.2, 0.25) is 23.6 Å². The monoisotopic (exact) mass is 520 g/mol. The molecule has 4 amide bonds. The van der Waals surface area contributed by atoms with Gasteiger partial charge in [0, 0.05) is 19.9 Å². The number of hydrogen-bond acceptors (Lipinski definition) is 10. The highest BCUT2D eigenvalue weighted by atomic mass is 16.5. The van der Waals surface area contributed by atoms with Crippen molar-refractivity contribution in [3.63, 3.8) is 0 Å².